The normalized spacial score (nSPS) is 15.2. The van der Waals surface area contributed by atoms with Gasteiger partial charge in [0.05, 0.1) is 19.3 Å². The topological polar surface area (TPSA) is 55.3 Å². The largest absolute Gasteiger partial charge is 0.385 e. The van der Waals surface area contributed by atoms with Crippen molar-refractivity contribution in [3.8, 4) is 0 Å². The van der Waals surface area contributed by atoms with Crippen molar-refractivity contribution < 1.29 is 14.2 Å². The lowest BCUT2D eigenvalue weighted by atomic mass is 10.1. The highest BCUT2D eigenvalue weighted by molar-refractivity contribution is 5.79. The first-order valence-corrected chi connectivity index (χ1v) is 11.5. The lowest BCUT2D eigenvalue weighted by Crippen LogP contribution is -2.46. The third kappa shape index (κ3) is 8.26. The Bertz CT molecular complexity index is 805. The minimum absolute atomic E-state index is 0.341. The maximum absolute atomic E-state index is 5.97. The van der Waals surface area contributed by atoms with Crippen LogP contribution in [-0.2, 0) is 34.0 Å². The van der Waals surface area contributed by atoms with E-state index in [1.807, 2.05) is 25.2 Å². The molecule has 6 nitrogen and oxygen atoms in total. The lowest BCUT2D eigenvalue weighted by Gasteiger charge is -2.34. The van der Waals surface area contributed by atoms with Gasteiger partial charge in [-0.15, -0.1) is 0 Å². The number of ether oxygens (including phenoxy) is 3. The number of rotatable bonds is 11. The Morgan fingerprint density at radius 3 is 2.44 bits per heavy atom. The molecule has 0 unspecified atom stereocenters. The van der Waals surface area contributed by atoms with Gasteiger partial charge >= 0.3 is 0 Å². The summed E-state index contributed by atoms with van der Waals surface area (Å²) in [6.45, 7) is 5.43. The molecule has 0 radical (unpaired) electrons. The molecule has 1 heterocycles. The third-order valence-electron chi connectivity index (χ3n) is 5.62. The predicted molar refractivity (Wildman–Crippen MR) is 129 cm³/mol. The van der Waals surface area contributed by atoms with Crippen molar-refractivity contribution in [2.24, 2.45) is 4.99 Å². The second-order valence-corrected chi connectivity index (χ2v) is 8.10. The smallest absolute Gasteiger partial charge is 0.193 e. The minimum Gasteiger partial charge on any atom is -0.385 e. The van der Waals surface area contributed by atoms with E-state index in [2.05, 4.69) is 51.6 Å². The summed E-state index contributed by atoms with van der Waals surface area (Å²) < 4.78 is 16.9. The van der Waals surface area contributed by atoms with Crippen molar-refractivity contribution >= 4 is 5.96 Å². The molecule has 0 aromatic heterocycles. The number of aliphatic imine (C=N–C) groups is 1. The molecule has 2 aromatic carbocycles. The summed E-state index contributed by atoms with van der Waals surface area (Å²) in [6.07, 6.45) is 3.36. The molecule has 0 amide bonds. The summed E-state index contributed by atoms with van der Waals surface area (Å²) >= 11 is 0. The number of methoxy groups -OCH3 is 1. The van der Waals surface area contributed by atoms with Gasteiger partial charge in [0.1, 0.15) is 0 Å². The van der Waals surface area contributed by atoms with Crippen molar-refractivity contribution in [2.75, 3.05) is 40.5 Å². The van der Waals surface area contributed by atoms with E-state index in [1.165, 1.54) is 16.7 Å². The SMILES string of the molecule is CN=C(NCc1cccc(COCc2ccccc2)c1)N1CCC(OCCCOC)CC1. The van der Waals surface area contributed by atoms with Crippen molar-refractivity contribution in [1.29, 1.82) is 0 Å². The molecule has 0 aliphatic carbocycles. The van der Waals surface area contributed by atoms with E-state index in [1.54, 1.807) is 7.11 Å². The summed E-state index contributed by atoms with van der Waals surface area (Å²) in [5.41, 5.74) is 3.60. The van der Waals surface area contributed by atoms with Crippen LogP contribution in [-0.4, -0.2) is 57.4 Å². The van der Waals surface area contributed by atoms with Gasteiger partial charge in [-0.05, 0) is 36.0 Å². The average Bonchev–Trinajstić information content (AvgIpc) is 2.84. The van der Waals surface area contributed by atoms with Crippen molar-refractivity contribution in [2.45, 2.75) is 45.1 Å². The highest BCUT2D eigenvalue weighted by atomic mass is 16.5. The highest BCUT2D eigenvalue weighted by Crippen LogP contribution is 2.15. The van der Waals surface area contributed by atoms with Gasteiger partial charge in [0.25, 0.3) is 0 Å². The first-order valence-electron chi connectivity index (χ1n) is 11.5. The van der Waals surface area contributed by atoms with E-state index in [9.17, 15) is 0 Å². The predicted octanol–water partition coefficient (Wildman–Crippen LogP) is 4.00. The van der Waals surface area contributed by atoms with E-state index in [0.29, 0.717) is 19.3 Å². The first-order chi connectivity index (χ1) is 15.8. The Morgan fingerprint density at radius 2 is 1.69 bits per heavy atom. The van der Waals surface area contributed by atoms with Gasteiger partial charge in [0, 0.05) is 47.0 Å². The van der Waals surface area contributed by atoms with Crippen LogP contribution in [0.1, 0.15) is 36.0 Å². The van der Waals surface area contributed by atoms with Gasteiger partial charge in [-0.2, -0.15) is 0 Å². The van der Waals surface area contributed by atoms with Crippen LogP contribution >= 0.6 is 0 Å². The molecule has 1 aliphatic rings. The third-order valence-corrected chi connectivity index (χ3v) is 5.62. The van der Waals surface area contributed by atoms with Crippen LogP contribution in [0.3, 0.4) is 0 Å². The molecule has 1 aliphatic heterocycles. The minimum atomic E-state index is 0.341. The molecule has 3 rings (SSSR count). The van der Waals surface area contributed by atoms with Gasteiger partial charge in [-0.1, -0.05) is 54.6 Å². The van der Waals surface area contributed by atoms with E-state index in [4.69, 9.17) is 14.2 Å². The number of guanidine groups is 1. The van der Waals surface area contributed by atoms with Crippen LogP contribution in [0.15, 0.2) is 59.6 Å². The number of likely N-dealkylation sites (tertiary alicyclic amines) is 1. The summed E-state index contributed by atoms with van der Waals surface area (Å²) in [5.74, 6) is 0.952. The number of nitrogens with one attached hydrogen (secondary N) is 1. The zero-order chi connectivity index (χ0) is 22.4. The number of nitrogens with zero attached hydrogens (tertiary/aromatic N) is 2. The zero-order valence-corrected chi connectivity index (χ0v) is 19.5. The molecule has 1 N–H and O–H groups in total. The Kier molecular flexibility index (Phi) is 10.5. The van der Waals surface area contributed by atoms with Crippen molar-refractivity contribution in [3.63, 3.8) is 0 Å². The van der Waals surface area contributed by atoms with Gasteiger partial charge in [-0.25, -0.2) is 0 Å². The Balaban J connectivity index is 1.40. The fourth-order valence-corrected chi connectivity index (χ4v) is 3.89. The summed E-state index contributed by atoms with van der Waals surface area (Å²) in [6, 6.07) is 18.8. The summed E-state index contributed by atoms with van der Waals surface area (Å²) in [4.78, 5) is 6.81. The van der Waals surface area contributed by atoms with E-state index in [0.717, 1.165) is 58.1 Å². The average molecular weight is 440 g/mol. The number of hydrogen-bond donors (Lipinski definition) is 1. The molecular formula is C26H37N3O3. The number of piperidine rings is 1. The summed E-state index contributed by atoms with van der Waals surface area (Å²) in [5, 5.41) is 3.52. The van der Waals surface area contributed by atoms with Gasteiger partial charge in [0.2, 0.25) is 0 Å². The second kappa shape index (κ2) is 13.9. The van der Waals surface area contributed by atoms with Gasteiger partial charge < -0.3 is 24.4 Å². The van der Waals surface area contributed by atoms with Crippen LogP contribution in [0, 0.1) is 0 Å². The molecule has 174 valence electrons. The fourth-order valence-electron chi connectivity index (χ4n) is 3.89. The first kappa shape index (κ1) is 24.2. The van der Waals surface area contributed by atoms with Gasteiger partial charge in [0.15, 0.2) is 5.96 Å². The molecule has 0 atom stereocenters. The molecule has 6 heteroatoms. The molecular weight excluding hydrogens is 402 g/mol. The quantitative estimate of drug-likeness (QED) is 0.326. The Labute approximate surface area is 192 Å². The van der Waals surface area contributed by atoms with Crippen LogP contribution < -0.4 is 5.32 Å². The molecule has 32 heavy (non-hydrogen) atoms. The monoisotopic (exact) mass is 439 g/mol. The Morgan fingerprint density at radius 1 is 0.969 bits per heavy atom. The standard InChI is InChI=1S/C26H37N3O3/c1-27-26(29-14-12-25(13-15-29)32-17-7-16-30-2)28-19-23-10-6-11-24(18-23)21-31-20-22-8-4-3-5-9-22/h3-6,8-11,18,25H,7,12-17,19-21H2,1-2H3,(H,27,28). The van der Waals surface area contributed by atoms with Crippen LogP contribution in [0.2, 0.25) is 0 Å². The van der Waals surface area contributed by atoms with Crippen LogP contribution in [0.25, 0.3) is 0 Å². The van der Waals surface area contributed by atoms with Crippen LogP contribution in [0.5, 0.6) is 0 Å². The van der Waals surface area contributed by atoms with Gasteiger partial charge in [-0.3, -0.25) is 4.99 Å². The van der Waals surface area contributed by atoms with E-state index in [-0.39, 0.29) is 0 Å². The van der Waals surface area contributed by atoms with Crippen molar-refractivity contribution in [3.05, 3.63) is 71.3 Å². The maximum atomic E-state index is 5.97. The highest BCUT2D eigenvalue weighted by Gasteiger charge is 2.21. The lowest BCUT2D eigenvalue weighted by molar-refractivity contribution is 0.00989. The second-order valence-electron chi connectivity index (χ2n) is 8.10. The zero-order valence-electron chi connectivity index (χ0n) is 19.5. The molecule has 0 bridgehead atoms. The number of benzene rings is 2. The molecule has 0 saturated carbocycles. The van der Waals surface area contributed by atoms with Crippen molar-refractivity contribution in [1.82, 2.24) is 10.2 Å². The van der Waals surface area contributed by atoms with Crippen LogP contribution in [0.4, 0.5) is 0 Å². The summed E-state index contributed by atoms with van der Waals surface area (Å²) in [7, 11) is 3.58. The number of hydrogen-bond acceptors (Lipinski definition) is 4. The van der Waals surface area contributed by atoms with E-state index >= 15 is 0 Å². The molecule has 0 spiro atoms. The molecule has 1 saturated heterocycles. The Hall–Kier alpha value is -2.41. The maximum Gasteiger partial charge on any atom is 0.193 e. The fraction of sp³-hybridized carbons (Fsp3) is 0.500. The molecule has 2 aromatic rings. The van der Waals surface area contributed by atoms with E-state index < -0.39 is 0 Å². The molecule has 1 fully saturated rings.